The lowest BCUT2D eigenvalue weighted by Crippen LogP contribution is -1.94. The molecule has 48 heavy (non-hydrogen) atoms. The number of benzene rings is 8. The lowest BCUT2D eigenvalue weighted by Gasteiger charge is -2.13. The van der Waals surface area contributed by atoms with Crippen LogP contribution in [-0.4, -0.2) is 4.57 Å². The molecule has 0 spiro atoms. The minimum Gasteiger partial charge on any atom is -0.455 e. The van der Waals surface area contributed by atoms with Crippen LogP contribution in [0.5, 0.6) is 0 Å². The summed E-state index contributed by atoms with van der Waals surface area (Å²) in [7, 11) is 0. The first-order valence-electron chi connectivity index (χ1n) is 16.4. The van der Waals surface area contributed by atoms with E-state index in [4.69, 9.17) is 4.42 Å². The van der Waals surface area contributed by atoms with Crippen LogP contribution in [0.4, 0.5) is 0 Å². The van der Waals surface area contributed by atoms with Crippen LogP contribution in [0.2, 0.25) is 0 Å². The van der Waals surface area contributed by atoms with Gasteiger partial charge in [0.05, 0.1) is 11.0 Å². The zero-order valence-electron chi connectivity index (χ0n) is 26.1. The molecule has 224 valence electrons. The number of furan rings is 1. The lowest BCUT2D eigenvalue weighted by atomic mass is 9.93. The van der Waals surface area contributed by atoms with Crippen molar-refractivity contribution in [2.75, 3.05) is 0 Å². The third-order valence-electron chi connectivity index (χ3n) is 9.76. The summed E-state index contributed by atoms with van der Waals surface area (Å²) in [6.45, 7) is 0. The molecule has 0 fully saturated rings. The number of hydrogen-bond acceptors (Lipinski definition) is 1. The Kier molecular flexibility index (Phi) is 5.91. The van der Waals surface area contributed by atoms with Crippen molar-refractivity contribution in [2.24, 2.45) is 0 Å². The molecule has 0 atom stereocenters. The topological polar surface area (TPSA) is 18.1 Å². The molecule has 0 N–H and O–H groups in total. The first-order chi connectivity index (χ1) is 23.8. The first-order valence-corrected chi connectivity index (χ1v) is 16.4. The van der Waals surface area contributed by atoms with Crippen LogP contribution >= 0.6 is 0 Å². The summed E-state index contributed by atoms with van der Waals surface area (Å²) >= 11 is 0. The standard InChI is InChI=1S/C46H29NO/c1-3-11-30(12-4-1)34-25-35(31-13-5-2-6-14-31)27-36(26-34)32-19-22-37(23-20-32)47-43-18-10-9-17-39(43)41-28-42-40-24-21-33-15-7-8-16-38(33)46(40)48-45(42)29-44(41)47/h1-29H. The average molecular weight is 612 g/mol. The smallest absolute Gasteiger partial charge is 0.143 e. The van der Waals surface area contributed by atoms with E-state index >= 15 is 0 Å². The fourth-order valence-electron chi connectivity index (χ4n) is 7.44. The van der Waals surface area contributed by atoms with Crippen LogP contribution in [0.3, 0.4) is 0 Å². The van der Waals surface area contributed by atoms with Gasteiger partial charge in [-0.05, 0) is 87.3 Å². The Morgan fingerprint density at radius 2 is 0.917 bits per heavy atom. The number of aromatic nitrogens is 1. The maximum atomic E-state index is 6.62. The Hall–Kier alpha value is -6.38. The van der Waals surface area contributed by atoms with E-state index in [-0.39, 0.29) is 0 Å². The molecule has 10 rings (SSSR count). The quantitative estimate of drug-likeness (QED) is 0.194. The molecular formula is C46H29NO. The van der Waals surface area contributed by atoms with Gasteiger partial charge in [0.15, 0.2) is 0 Å². The van der Waals surface area contributed by atoms with Gasteiger partial charge in [-0.2, -0.15) is 0 Å². The molecule has 10 aromatic rings. The highest BCUT2D eigenvalue weighted by molar-refractivity contribution is 6.20. The summed E-state index contributed by atoms with van der Waals surface area (Å²) in [6, 6.07) is 63.3. The Bertz CT molecular complexity index is 2750. The minimum atomic E-state index is 0.903. The van der Waals surface area contributed by atoms with E-state index in [2.05, 4.69) is 180 Å². The highest BCUT2D eigenvalue weighted by Gasteiger charge is 2.17. The van der Waals surface area contributed by atoms with Crippen molar-refractivity contribution >= 4 is 54.5 Å². The summed E-state index contributed by atoms with van der Waals surface area (Å²) < 4.78 is 8.99. The highest BCUT2D eigenvalue weighted by Crippen LogP contribution is 2.40. The van der Waals surface area contributed by atoms with Crippen LogP contribution in [0.15, 0.2) is 180 Å². The SMILES string of the molecule is c1ccc(-c2cc(-c3ccccc3)cc(-c3ccc(-n4c5ccccc5c5cc6c(cc54)oc4c5ccccc5ccc64)cc3)c2)cc1. The molecule has 0 saturated heterocycles. The fraction of sp³-hybridized carbons (Fsp3) is 0. The van der Waals surface area contributed by atoms with E-state index in [0.717, 1.165) is 38.5 Å². The van der Waals surface area contributed by atoms with Gasteiger partial charge in [-0.25, -0.2) is 0 Å². The van der Waals surface area contributed by atoms with Gasteiger partial charge in [-0.1, -0.05) is 121 Å². The predicted octanol–water partition coefficient (Wildman–Crippen LogP) is 12.8. The average Bonchev–Trinajstić information content (AvgIpc) is 3.69. The molecule has 0 radical (unpaired) electrons. The largest absolute Gasteiger partial charge is 0.455 e. The molecule has 2 nitrogen and oxygen atoms in total. The molecule has 0 aliphatic heterocycles. The normalized spacial score (nSPS) is 11.8. The van der Waals surface area contributed by atoms with Crippen LogP contribution < -0.4 is 0 Å². The summed E-state index contributed by atoms with van der Waals surface area (Å²) in [6.07, 6.45) is 0. The van der Waals surface area contributed by atoms with Crippen molar-refractivity contribution in [3.8, 4) is 39.1 Å². The van der Waals surface area contributed by atoms with Crippen molar-refractivity contribution in [1.82, 2.24) is 4.57 Å². The van der Waals surface area contributed by atoms with E-state index in [1.54, 1.807) is 0 Å². The van der Waals surface area contributed by atoms with E-state index < -0.39 is 0 Å². The summed E-state index contributed by atoms with van der Waals surface area (Å²) in [4.78, 5) is 0. The molecule has 0 unspecified atom stereocenters. The van der Waals surface area contributed by atoms with Crippen LogP contribution in [0, 0.1) is 0 Å². The Morgan fingerprint density at radius 1 is 0.333 bits per heavy atom. The van der Waals surface area contributed by atoms with Gasteiger partial charge in [0.25, 0.3) is 0 Å². The minimum absolute atomic E-state index is 0.903. The third-order valence-corrected chi connectivity index (χ3v) is 9.76. The van der Waals surface area contributed by atoms with Gasteiger partial charge in [0.1, 0.15) is 11.2 Å². The second-order valence-corrected chi connectivity index (χ2v) is 12.6. The van der Waals surface area contributed by atoms with Crippen molar-refractivity contribution in [2.45, 2.75) is 0 Å². The number of nitrogens with zero attached hydrogens (tertiary/aromatic N) is 1. The number of rotatable bonds is 4. The molecule has 2 heteroatoms. The zero-order valence-corrected chi connectivity index (χ0v) is 26.1. The fourth-order valence-corrected chi connectivity index (χ4v) is 7.44. The van der Waals surface area contributed by atoms with Gasteiger partial charge >= 0.3 is 0 Å². The monoisotopic (exact) mass is 611 g/mol. The van der Waals surface area contributed by atoms with Gasteiger partial charge in [-0.3, -0.25) is 0 Å². The predicted molar refractivity (Wildman–Crippen MR) is 202 cm³/mol. The molecular weight excluding hydrogens is 583 g/mol. The second kappa shape index (κ2) is 10.6. The van der Waals surface area contributed by atoms with Crippen LogP contribution in [0.1, 0.15) is 0 Å². The summed E-state index contributed by atoms with van der Waals surface area (Å²) in [5.74, 6) is 0. The number of fused-ring (bicyclic) bond motifs is 8. The van der Waals surface area contributed by atoms with Crippen molar-refractivity contribution < 1.29 is 4.42 Å². The molecule has 0 bridgehead atoms. The molecule has 0 saturated carbocycles. The van der Waals surface area contributed by atoms with E-state index in [0.29, 0.717) is 0 Å². The molecule has 0 aliphatic carbocycles. The number of para-hydroxylation sites is 1. The van der Waals surface area contributed by atoms with Crippen LogP contribution in [-0.2, 0) is 0 Å². The first kappa shape index (κ1) is 26.8. The molecule has 2 heterocycles. The lowest BCUT2D eigenvalue weighted by molar-refractivity contribution is 0.673. The number of hydrogen-bond donors (Lipinski definition) is 0. The molecule has 0 aliphatic rings. The van der Waals surface area contributed by atoms with Gasteiger partial charge in [0.2, 0.25) is 0 Å². The maximum absolute atomic E-state index is 6.62. The Labute approximate surface area is 277 Å². The molecule has 2 aromatic heterocycles. The molecule has 0 amide bonds. The molecule has 8 aromatic carbocycles. The maximum Gasteiger partial charge on any atom is 0.143 e. The van der Waals surface area contributed by atoms with E-state index in [9.17, 15) is 0 Å². The van der Waals surface area contributed by atoms with Gasteiger partial charge in [0, 0.05) is 38.7 Å². The van der Waals surface area contributed by atoms with Crippen molar-refractivity contribution in [3.05, 3.63) is 176 Å². The summed E-state index contributed by atoms with van der Waals surface area (Å²) in [5.41, 5.74) is 12.5. The van der Waals surface area contributed by atoms with Gasteiger partial charge in [-0.15, -0.1) is 0 Å². The van der Waals surface area contributed by atoms with Crippen LogP contribution in [0.25, 0.3) is 93.6 Å². The van der Waals surface area contributed by atoms with E-state index in [1.165, 1.54) is 55.1 Å². The zero-order chi connectivity index (χ0) is 31.6. The Morgan fingerprint density at radius 3 is 1.60 bits per heavy atom. The van der Waals surface area contributed by atoms with E-state index in [1.807, 2.05) is 0 Å². The third kappa shape index (κ3) is 4.20. The highest BCUT2D eigenvalue weighted by atomic mass is 16.3. The van der Waals surface area contributed by atoms with Gasteiger partial charge < -0.3 is 8.98 Å². The van der Waals surface area contributed by atoms with Crippen molar-refractivity contribution in [3.63, 3.8) is 0 Å². The second-order valence-electron chi connectivity index (χ2n) is 12.6. The summed E-state index contributed by atoms with van der Waals surface area (Å²) in [5, 5.41) is 7.09. The van der Waals surface area contributed by atoms with Crippen molar-refractivity contribution in [1.29, 1.82) is 0 Å². The Balaban J connectivity index is 1.14.